The molecule has 0 aliphatic carbocycles. The molecule has 0 aliphatic rings. The summed E-state index contributed by atoms with van der Waals surface area (Å²) in [6.07, 6.45) is 3.93. The standard InChI is InChI=1S/C13H13ClF2N4/c1-2-3-18-11-6-17-7-12(19-11)20-13-9(14)4-8(15)5-10(13)16/h4-7H,2-3H2,1H3,(H2,18,19,20). The lowest BCUT2D eigenvalue weighted by molar-refractivity contribution is 0.586. The topological polar surface area (TPSA) is 49.8 Å². The number of anilines is 3. The van der Waals surface area contributed by atoms with Crippen molar-refractivity contribution in [2.24, 2.45) is 0 Å². The number of benzene rings is 1. The van der Waals surface area contributed by atoms with Gasteiger partial charge in [0.15, 0.2) is 11.6 Å². The zero-order valence-corrected chi connectivity index (χ0v) is 11.5. The second-order valence-electron chi connectivity index (χ2n) is 4.09. The molecule has 0 aliphatic heterocycles. The van der Waals surface area contributed by atoms with Crippen LogP contribution in [0.5, 0.6) is 0 Å². The molecular formula is C13H13ClF2N4. The first kappa shape index (κ1) is 14.5. The van der Waals surface area contributed by atoms with Crippen molar-refractivity contribution >= 4 is 28.9 Å². The molecule has 0 fully saturated rings. The van der Waals surface area contributed by atoms with Crippen molar-refractivity contribution in [2.75, 3.05) is 17.2 Å². The molecular weight excluding hydrogens is 286 g/mol. The van der Waals surface area contributed by atoms with Gasteiger partial charge in [0, 0.05) is 12.6 Å². The molecule has 20 heavy (non-hydrogen) atoms. The molecule has 0 bridgehead atoms. The fourth-order valence-electron chi connectivity index (χ4n) is 1.55. The fraction of sp³-hybridized carbons (Fsp3) is 0.231. The molecule has 1 heterocycles. The van der Waals surface area contributed by atoms with Crippen molar-refractivity contribution < 1.29 is 8.78 Å². The minimum absolute atomic E-state index is 0.0324. The van der Waals surface area contributed by atoms with Crippen molar-refractivity contribution in [1.29, 1.82) is 0 Å². The van der Waals surface area contributed by atoms with Gasteiger partial charge < -0.3 is 10.6 Å². The van der Waals surface area contributed by atoms with Crippen molar-refractivity contribution in [1.82, 2.24) is 9.97 Å². The summed E-state index contributed by atoms with van der Waals surface area (Å²) >= 11 is 5.80. The third kappa shape index (κ3) is 3.54. The van der Waals surface area contributed by atoms with E-state index in [1.807, 2.05) is 6.92 Å². The Morgan fingerprint density at radius 2 is 1.95 bits per heavy atom. The van der Waals surface area contributed by atoms with Crippen molar-refractivity contribution in [3.8, 4) is 0 Å². The highest BCUT2D eigenvalue weighted by molar-refractivity contribution is 6.33. The molecule has 0 atom stereocenters. The lowest BCUT2D eigenvalue weighted by Gasteiger charge is -2.10. The average molecular weight is 299 g/mol. The summed E-state index contributed by atoms with van der Waals surface area (Å²) in [5.74, 6) is -0.639. The third-order valence-corrected chi connectivity index (χ3v) is 2.75. The summed E-state index contributed by atoms with van der Waals surface area (Å²) in [5, 5.41) is 5.70. The van der Waals surface area contributed by atoms with Gasteiger partial charge in [0.25, 0.3) is 0 Å². The van der Waals surface area contributed by atoms with E-state index in [9.17, 15) is 8.78 Å². The zero-order chi connectivity index (χ0) is 14.5. The van der Waals surface area contributed by atoms with Gasteiger partial charge in [-0.25, -0.2) is 13.8 Å². The summed E-state index contributed by atoms with van der Waals surface area (Å²) in [6, 6.07) is 1.78. The quantitative estimate of drug-likeness (QED) is 0.877. The van der Waals surface area contributed by atoms with E-state index in [1.165, 1.54) is 6.20 Å². The van der Waals surface area contributed by atoms with E-state index in [2.05, 4.69) is 20.6 Å². The SMILES string of the molecule is CCCNc1cncc(Nc2c(F)cc(F)cc2Cl)n1. The van der Waals surface area contributed by atoms with Gasteiger partial charge in [-0.15, -0.1) is 0 Å². The first-order valence-electron chi connectivity index (χ1n) is 6.07. The highest BCUT2D eigenvalue weighted by atomic mass is 35.5. The van der Waals surface area contributed by atoms with E-state index in [0.717, 1.165) is 25.1 Å². The number of halogens is 3. The second-order valence-corrected chi connectivity index (χ2v) is 4.49. The van der Waals surface area contributed by atoms with Crippen molar-refractivity contribution in [2.45, 2.75) is 13.3 Å². The lowest BCUT2D eigenvalue weighted by Crippen LogP contribution is -2.05. The molecule has 2 aromatic rings. The first-order chi connectivity index (χ1) is 9.60. The summed E-state index contributed by atoms with van der Waals surface area (Å²) < 4.78 is 26.6. The number of hydrogen-bond acceptors (Lipinski definition) is 4. The van der Waals surface area contributed by atoms with Crippen LogP contribution in [0.3, 0.4) is 0 Å². The van der Waals surface area contributed by atoms with E-state index in [1.54, 1.807) is 6.20 Å². The van der Waals surface area contributed by atoms with E-state index in [0.29, 0.717) is 11.6 Å². The molecule has 0 radical (unpaired) electrons. The summed E-state index contributed by atoms with van der Waals surface area (Å²) in [7, 11) is 0. The maximum absolute atomic E-state index is 13.6. The normalized spacial score (nSPS) is 10.4. The van der Waals surface area contributed by atoms with E-state index < -0.39 is 11.6 Å². The summed E-state index contributed by atoms with van der Waals surface area (Å²) in [4.78, 5) is 8.19. The third-order valence-electron chi connectivity index (χ3n) is 2.45. The monoisotopic (exact) mass is 298 g/mol. The molecule has 1 aromatic carbocycles. The predicted octanol–water partition coefficient (Wildman–Crippen LogP) is 3.97. The predicted molar refractivity (Wildman–Crippen MR) is 75.5 cm³/mol. The number of rotatable bonds is 5. The van der Waals surface area contributed by atoms with Gasteiger partial charge in [-0.05, 0) is 12.5 Å². The minimum atomic E-state index is -0.788. The van der Waals surface area contributed by atoms with Crippen LogP contribution in [-0.4, -0.2) is 16.5 Å². The Morgan fingerprint density at radius 1 is 1.20 bits per heavy atom. The van der Waals surface area contributed by atoms with Crippen LogP contribution >= 0.6 is 11.6 Å². The molecule has 0 saturated carbocycles. The Morgan fingerprint density at radius 3 is 2.65 bits per heavy atom. The number of aromatic nitrogens is 2. The van der Waals surface area contributed by atoms with Crippen LogP contribution in [0.2, 0.25) is 5.02 Å². The molecule has 0 spiro atoms. The maximum atomic E-state index is 13.6. The lowest BCUT2D eigenvalue weighted by atomic mass is 10.3. The van der Waals surface area contributed by atoms with Gasteiger partial charge in [-0.3, -0.25) is 4.98 Å². The first-order valence-corrected chi connectivity index (χ1v) is 6.45. The minimum Gasteiger partial charge on any atom is -0.369 e. The van der Waals surface area contributed by atoms with Gasteiger partial charge in [-0.1, -0.05) is 18.5 Å². The van der Waals surface area contributed by atoms with Gasteiger partial charge in [0.05, 0.1) is 23.1 Å². The Bertz CT molecular complexity index is 584. The summed E-state index contributed by atoms with van der Waals surface area (Å²) in [6.45, 7) is 2.78. The van der Waals surface area contributed by atoms with Crippen LogP contribution in [0, 0.1) is 11.6 Å². The molecule has 4 nitrogen and oxygen atoms in total. The van der Waals surface area contributed by atoms with Crippen LogP contribution in [0.4, 0.5) is 26.1 Å². The molecule has 7 heteroatoms. The number of nitrogens with zero attached hydrogens (tertiary/aromatic N) is 2. The number of nitrogens with one attached hydrogen (secondary N) is 2. The highest BCUT2D eigenvalue weighted by Crippen LogP contribution is 2.28. The van der Waals surface area contributed by atoms with Gasteiger partial charge >= 0.3 is 0 Å². The smallest absolute Gasteiger partial charge is 0.151 e. The molecule has 0 unspecified atom stereocenters. The molecule has 2 N–H and O–H groups in total. The second kappa shape index (κ2) is 6.47. The van der Waals surface area contributed by atoms with Gasteiger partial charge in [0.1, 0.15) is 11.6 Å². The Kier molecular flexibility index (Phi) is 4.68. The molecule has 0 amide bonds. The van der Waals surface area contributed by atoms with Crippen LogP contribution in [-0.2, 0) is 0 Å². The Labute approximate surface area is 120 Å². The Balaban J connectivity index is 2.22. The highest BCUT2D eigenvalue weighted by Gasteiger charge is 2.11. The van der Waals surface area contributed by atoms with Crippen molar-refractivity contribution in [3.05, 3.63) is 41.2 Å². The van der Waals surface area contributed by atoms with Gasteiger partial charge in [0.2, 0.25) is 0 Å². The van der Waals surface area contributed by atoms with E-state index >= 15 is 0 Å². The maximum Gasteiger partial charge on any atom is 0.151 e. The van der Waals surface area contributed by atoms with Crippen molar-refractivity contribution in [3.63, 3.8) is 0 Å². The zero-order valence-electron chi connectivity index (χ0n) is 10.8. The molecule has 2 rings (SSSR count). The molecule has 106 valence electrons. The van der Waals surface area contributed by atoms with Crippen LogP contribution < -0.4 is 10.6 Å². The van der Waals surface area contributed by atoms with E-state index in [4.69, 9.17) is 11.6 Å². The Hall–Kier alpha value is -1.95. The largest absolute Gasteiger partial charge is 0.369 e. The summed E-state index contributed by atoms with van der Waals surface area (Å²) in [5.41, 5.74) is -0.0324. The fourth-order valence-corrected chi connectivity index (χ4v) is 1.80. The van der Waals surface area contributed by atoms with Crippen LogP contribution in [0.25, 0.3) is 0 Å². The van der Waals surface area contributed by atoms with Gasteiger partial charge in [-0.2, -0.15) is 0 Å². The van der Waals surface area contributed by atoms with E-state index in [-0.39, 0.29) is 10.7 Å². The molecule has 0 saturated heterocycles. The van der Waals surface area contributed by atoms with Crippen LogP contribution in [0.15, 0.2) is 24.5 Å². The molecule has 1 aromatic heterocycles. The van der Waals surface area contributed by atoms with Crippen LogP contribution in [0.1, 0.15) is 13.3 Å². The average Bonchev–Trinajstić information content (AvgIpc) is 2.41. The number of hydrogen-bond donors (Lipinski definition) is 2.